The van der Waals surface area contributed by atoms with E-state index in [2.05, 4.69) is 213 Å². The quantitative estimate of drug-likeness (QED) is 0.170. The molecule has 268 valence electrons. The van der Waals surface area contributed by atoms with Crippen molar-refractivity contribution in [1.29, 1.82) is 0 Å². The molecule has 0 saturated heterocycles. The van der Waals surface area contributed by atoms with Crippen LogP contribution in [0.3, 0.4) is 0 Å². The fourth-order valence-electron chi connectivity index (χ4n) is 10.4. The maximum absolute atomic E-state index is 2.52. The van der Waals surface area contributed by atoms with Crippen LogP contribution >= 0.6 is 0 Å². The second kappa shape index (κ2) is 12.0. The van der Waals surface area contributed by atoms with Gasteiger partial charge in [0.1, 0.15) is 0 Å². The third kappa shape index (κ3) is 4.63. The molecule has 57 heavy (non-hydrogen) atoms. The summed E-state index contributed by atoms with van der Waals surface area (Å²) in [7, 11) is 0. The van der Waals surface area contributed by atoms with Gasteiger partial charge in [-0.05, 0) is 108 Å². The molecule has 1 nitrogen and oxygen atoms in total. The molecular formula is C56H39N. The van der Waals surface area contributed by atoms with E-state index in [1.807, 2.05) is 0 Å². The van der Waals surface area contributed by atoms with Crippen LogP contribution in [-0.4, -0.2) is 4.57 Å². The molecule has 2 aliphatic carbocycles. The largest absolute Gasteiger partial charge is 0.309 e. The number of rotatable bonds is 4. The minimum absolute atomic E-state index is 0.0890. The summed E-state index contributed by atoms with van der Waals surface area (Å²) in [4.78, 5) is 0. The van der Waals surface area contributed by atoms with Crippen molar-refractivity contribution in [3.05, 3.63) is 222 Å². The number of benzene rings is 9. The molecule has 0 N–H and O–H groups in total. The van der Waals surface area contributed by atoms with E-state index in [-0.39, 0.29) is 11.3 Å². The van der Waals surface area contributed by atoms with Crippen molar-refractivity contribution < 1.29 is 0 Å². The molecule has 9 aromatic carbocycles. The van der Waals surface area contributed by atoms with Gasteiger partial charge in [0.05, 0.1) is 11.0 Å². The van der Waals surface area contributed by atoms with Gasteiger partial charge >= 0.3 is 0 Å². The lowest BCUT2D eigenvalue weighted by atomic mass is 9.82. The Hall–Kier alpha value is -6.96. The summed E-state index contributed by atoms with van der Waals surface area (Å²) < 4.78 is 2.52. The van der Waals surface area contributed by atoms with Gasteiger partial charge in [-0.3, -0.25) is 0 Å². The van der Waals surface area contributed by atoms with E-state index in [1.165, 1.54) is 111 Å². The van der Waals surface area contributed by atoms with Gasteiger partial charge in [-0.1, -0.05) is 178 Å². The molecule has 1 heteroatoms. The van der Waals surface area contributed by atoms with Gasteiger partial charge in [0.15, 0.2) is 0 Å². The van der Waals surface area contributed by atoms with Crippen LogP contribution in [0, 0.1) is 0 Å². The summed E-state index contributed by atoms with van der Waals surface area (Å²) in [5.41, 5.74) is 20.8. The van der Waals surface area contributed by atoms with Crippen molar-refractivity contribution in [2.24, 2.45) is 0 Å². The first-order chi connectivity index (χ1) is 28.0. The average Bonchev–Trinajstić information content (AvgIpc) is 3.86. The lowest BCUT2D eigenvalue weighted by Gasteiger charge is -2.21. The predicted molar refractivity (Wildman–Crippen MR) is 240 cm³/mol. The molecule has 1 atom stereocenters. The monoisotopic (exact) mass is 725 g/mol. The Bertz CT molecular complexity index is 3250. The molecule has 12 rings (SSSR count). The smallest absolute Gasteiger partial charge is 0.0622 e. The lowest BCUT2D eigenvalue weighted by Crippen LogP contribution is -2.14. The van der Waals surface area contributed by atoms with E-state index >= 15 is 0 Å². The molecular weight excluding hydrogens is 687 g/mol. The lowest BCUT2D eigenvalue weighted by molar-refractivity contribution is 0.661. The van der Waals surface area contributed by atoms with Gasteiger partial charge in [-0.2, -0.15) is 0 Å². The predicted octanol–water partition coefficient (Wildman–Crippen LogP) is 14.7. The van der Waals surface area contributed by atoms with Gasteiger partial charge in [-0.25, -0.2) is 0 Å². The summed E-state index contributed by atoms with van der Waals surface area (Å²) in [6.45, 7) is 4.75. The number of hydrogen-bond donors (Lipinski definition) is 0. The van der Waals surface area contributed by atoms with Crippen molar-refractivity contribution in [3.63, 3.8) is 0 Å². The number of fused-ring (bicyclic) bond motifs is 11. The molecule has 10 aromatic rings. The Morgan fingerprint density at radius 3 is 1.93 bits per heavy atom. The minimum atomic E-state index is -0.0890. The molecule has 1 heterocycles. The Morgan fingerprint density at radius 1 is 0.404 bits per heavy atom. The number of hydrogen-bond acceptors (Lipinski definition) is 0. The molecule has 0 radical (unpaired) electrons. The highest BCUT2D eigenvalue weighted by molar-refractivity contribution is 6.16. The van der Waals surface area contributed by atoms with E-state index in [4.69, 9.17) is 0 Å². The number of aromatic nitrogens is 1. The molecule has 0 aliphatic heterocycles. The fraction of sp³-hybridized carbons (Fsp3) is 0.0714. The Kier molecular flexibility index (Phi) is 6.81. The molecule has 1 unspecified atom stereocenters. The summed E-state index contributed by atoms with van der Waals surface area (Å²) >= 11 is 0. The summed E-state index contributed by atoms with van der Waals surface area (Å²) in [6.07, 6.45) is 0. The van der Waals surface area contributed by atoms with Gasteiger partial charge in [0.2, 0.25) is 0 Å². The zero-order valence-corrected chi connectivity index (χ0v) is 32.0. The first kappa shape index (κ1) is 32.3. The molecule has 0 saturated carbocycles. The van der Waals surface area contributed by atoms with Gasteiger partial charge in [0.25, 0.3) is 0 Å². The number of nitrogens with zero attached hydrogens (tertiary/aromatic N) is 1. The molecule has 1 aromatic heterocycles. The van der Waals surface area contributed by atoms with Gasteiger partial charge < -0.3 is 4.57 Å². The zero-order valence-electron chi connectivity index (χ0n) is 32.0. The summed E-state index contributed by atoms with van der Waals surface area (Å²) in [6, 6.07) is 72.5. The Balaban J connectivity index is 1.06. The SMILES string of the molecule is CC1(C)c2ccccc2-c2c1ccc1c3cc(-c4ccc5c(c4)-c4ccccc4C5c4cccc5ccccc45)ccc3n(-c3ccc(-c4ccccc4)cc3)c21. The Labute approximate surface area is 333 Å². The van der Waals surface area contributed by atoms with Crippen LogP contribution in [0.25, 0.3) is 82.8 Å². The molecule has 0 amide bonds. The maximum Gasteiger partial charge on any atom is 0.0622 e. The van der Waals surface area contributed by atoms with Crippen LogP contribution in [0.1, 0.15) is 47.6 Å². The fourth-order valence-corrected chi connectivity index (χ4v) is 10.4. The van der Waals surface area contributed by atoms with Crippen LogP contribution in [0.5, 0.6) is 0 Å². The van der Waals surface area contributed by atoms with Crippen molar-refractivity contribution in [3.8, 4) is 50.2 Å². The van der Waals surface area contributed by atoms with Crippen LogP contribution in [0.15, 0.2) is 194 Å². The highest BCUT2D eigenvalue weighted by Gasteiger charge is 2.38. The topological polar surface area (TPSA) is 4.93 Å². The minimum Gasteiger partial charge on any atom is -0.309 e. The summed E-state index contributed by atoms with van der Waals surface area (Å²) in [5, 5.41) is 5.17. The van der Waals surface area contributed by atoms with Crippen LogP contribution in [0.2, 0.25) is 0 Å². The first-order valence-electron chi connectivity index (χ1n) is 20.1. The van der Waals surface area contributed by atoms with Gasteiger partial charge in [-0.15, -0.1) is 0 Å². The highest BCUT2D eigenvalue weighted by Crippen LogP contribution is 2.54. The summed E-state index contributed by atoms with van der Waals surface area (Å²) in [5.74, 6) is 0.194. The van der Waals surface area contributed by atoms with E-state index in [0.717, 1.165) is 0 Å². The van der Waals surface area contributed by atoms with Crippen molar-refractivity contribution in [1.82, 2.24) is 4.57 Å². The normalized spacial score (nSPS) is 14.8. The van der Waals surface area contributed by atoms with E-state index in [1.54, 1.807) is 0 Å². The van der Waals surface area contributed by atoms with Crippen molar-refractivity contribution in [2.75, 3.05) is 0 Å². The second-order valence-electron chi connectivity index (χ2n) is 16.4. The zero-order chi connectivity index (χ0) is 37.8. The third-order valence-corrected chi connectivity index (χ3v) is 13.1. The molecule has 0 spiro atoms. The average molecular weight is 726 g/mol. The van der Waals surface area contributed by atoms with E-state index in [0.29, 0.717) is 0 Å². The second-order valence-corrected chi connectivity index (χ2v) is 16.4. The third-order valence-electron chi connectivity index (χ3n) is 13.1. The van der Waals surface area contributed by atoms with Crippen LogP contribution in [0.4, 0.5) is 0 Å². The van der Waals surface area contributed by atoms with Crippen molar-refractivity contribution >= 4 is 32.6 Å². The maximum atomic E-state index is 2.52. The molecule has 0 fully saturated rings. The molecule has 0 bridgehead atoms. The standard InChI is InChI=1S/C56H39N/c1-56(2)50-22-11-10-20-47(50)54-51(56)31-30-46-49-34-39(26-32-52(49)57(55(46)54)40-27-23-36(24-28-40)35-13-4-3-5-14-35)38-25-29-45-48(33-38)42-18-8-9-19-44(42)53(45)43-21-12-16-37-15-6-7-17-41(37)43/h3-34,53H,1-2H3. The van der Waals surface area contributed by atoms with Crippen LogP contribution in [-0.2, 0) is 5.41 Å². The van der Waals surface area contributed by atoms with Crippen LogP contribution < -0.4 is 0 Å². The first-order valence-corrected chi connectivity index (χ1v) is 20.1. The molecule has 2 aliphatic rings. The van der Waals surface area contributed by atoms with E-state index in [9.17, 15) is 0 Å². The highest BCUT2D eigenvalue weighted by atomic mass is 15.0. The van der Waals surface area contributed by atoms with E-state index < -0.39 is 0 Å². The van der Waals surface area contributed by atoms with Crippen molar-refractivity contribution in [2.45, 2.75) is 25.2 Å². The van der Waals surface area contributed by atoms with Gasteiger partial charge in [0, 0.05) is 33.4 Å². The Morgan fingerprint density at radius 2 is 1.05 bits per heavy atom.